The summed E-state index contributed by atoms with van der Waals surface area (Å²) in [5, 5.41) is 0. The predicted molar refractivity (Wildman–Crippen MR) is 67.9 cm³/mol. The van der Waals surface area contributed by atoms with Crippen LogP contribution in [0.25, 0.3) is 0 Å². The van der Waals surface area contributed by atoms with E-state index in [0.717, 1.165) is 11.1 Å². The molecule has 0 amide bonds. The molecule has 0 fully saturated rings. The van der Waals surface area contributed by atoms with Gasteiger partial charge in [-0.25, -0.2) is 0 Å². The third kappa shape index (κ3) is 14.5. The molecule has 0 aliphatic heterocycles. The fraction of sp³-hybridized carbons (Fsp3) is 0.214. The minimum atomic E-state index is -1.24. The first-order valence-corrected chi connectivity index (χ1v) is 8.06. The van der Waals surface area contributed by atoms with Gasteiger partial charge in [-0.2, -0.15) is 0 Å². The molecule has 3 nitrogen and oxygen atoms in total. The Morgan fingerprint density at radius 3 is 1.53 bits per heavy atom. The molecule has 1 aliphatic rings. The summed E-state index contributed by atoms with van der Waals surface area (Å²) in [7, 11) is -1.24. The van der Waals surface area contributed by atoms with Crippen LogP contribution in [-0.4, -0.2) is 8.07 Å². The van der Waals surface area contributed by atoms with Gasteiger partial charge in [-0.3, -0.25) is 0 Å². The molecule has 5 heteroatoms. The molecule has 0 N–H and O–H groups in total. The Morgan fingerprint density at radius 2 is 1.32 bits per heavy atom. The number of rotatable bonds is 0. The topological polar surface area (TPSA) is 59.7 Å². The van der Waals surface area contributed by atoms with Gasteiger partial charge in [-0.15, -0.1) is 12.0 Å². The van der Waals surface area contributed by atoms with Crippen molar-refractivity contribution in [3.63, 3.8) is 0 Å². The zero-order valence-corrected chi connectivity index (χ0v) is 12.9. The normalized spacial score (nSPS) is 9.47. The van der Waals surface area contributed by atoms with E-state index in [2.05, 4.69) is 57.0 Å². The van der Waals surface area contributed by atoms with E-state index in [1.165, 1.54) is 0 Å². The standard InChI is InChI=1S/C11H12Si.3CO.Fe/c1-5-10-6-7-11(10)8-9-12(2,3)4;3*1-2;/h1,6-7H,2-4H3;;;;. The van der Waals surface area contributed by atoms with E-state index in [1.807, 2.05) is 12.2 Å². The predicted octanol–water partition coefficient (Wildman–Crippen LogP) is 2.25. The van der Waals surface area contributed by atoms with Gasteiger partial charge in [0.15, 0.2) is 0 Å². The van der Waals surface area contributed by atoms with Crippen LogP contribution in [0.3, 0.4) is 0 Å². The molecule has 0 aromatic rings. The first kappa shape index (κ1) is 26.2. The Hall–Kier alpha value is -1.44. The maximum atomic E-state index is 7.50. The Balaban J connectivity index is -0.000000142. The minimum Gasteiger partial charge on any atom is 0 e. The Labute approximate surface area is 126 Å². The zero-order valence-electron chi connectivity index (χ0n) is 10.8. The van der Waals surface area contributed by atoms with Crippen molar-refractivity contribution in [1.29, 1.82) is 0 Å². The summed E-state index contributed by atoms with van der Waals surface area (Å²) in [6, 6.07) is 0. The second kappa shape index (κ2) is 16.6. The molecule has 0 bridgehead atoms. The molecule has 0 radical (unpaired) electrons. The summed E-state index contributed by atoms with van der Waals surface area (Å²) in [5.41, 5.74) is 5.25. The van der Waals surface area contributed by atoms with Crippen molar-refractivity contribution < 1.29 is 31.0 Å². The fourth-order valence-electron chi connectivity index (χ4n) is 0.740. The van der Waals surface area contributed by atoms with Gasteiger partial charge in [0.25, 0.3) is 0 Å². The van der Waals surface area contributed by atoms with Crippen molar-refractivity contribution in [2.24, 2.45) is 0 Å². The second-order valence-electron chi connectivity index (χ2n) is 3.81. The van der Waals surface area contributed by atoms with Crippen molar-refractivity contribution in [2.75, 3.05) is 0 Å². The van der Waals surface area contributed by atoms with Gasteiger partial charge in [0.05, 0.1) is 0 Å². The van der Waals surface area contributed by atoms with Crippen LogP contribution < -0.4 is 0 Å². The summed E-state index contributed by atoms with van der Waals surface area (Å²) in [6.45, 7) is 20.2. The minimum absolute atomic E-state index is 0. The van der Waals surface area contributed by atoms with Gasteiger partial charge >= 0.3 is 33.9 Å². The van der Waals surface area contributed by atoms with Gasteiger partial charge in [0.1, 0.15) is 8.07 Å². The van der Waals surface area contributed by atoms with Crippen molar-refractivity contribution >= 4 is 8.07 Å². The first-order chi connectivity index (χ1) is 8.53. The van der Waals surface area contributed by atoms with Crippen molar-refractivity contribution in [1.82, 2.24) is 0 Å². The molecule has 19 heavy (non-hydrogen) atoms. The van der Waals surface area contributed by atoms with Crippen LogP contribution in [0.15, 0.2) is 23.3 Å². The molecule has 1 aliphatic carbocycles. The Bertz CT molecular complexity index is 457. The quantitative estimate of drug-likeness (QED) is 0.285. The molecule has 0 unspecified atom stereocenters. The maximum absolute atomic E-state index is 7.50. The molecule has 0 spiro atoms. The van der Waals surface area contributed by atoms with Gasteiger partial charge in [-0.1, -0.05) is 31.5 Å². The smallest absolute Gasteiger partial charge is 0 e. The summed E-state index contributed by atoms with van der Waals surface area (Å²) in [6.07, 6.45) is 9.15. The van der Waals surface area contributed by atoms with Crippen molar-refractivity contribution in [2.45, 2.75) is 19.6 Å². The van der Waals surface area contributed by atoms with Crippen LogP contribution in [0.2, 0.25) is 19.6 Å². The Morgan fingerprint density at radius 1 is 0.947 bits per heavy atom. The van der Waals surface area contributed by atoms with E-state index in [0.29, 0.717) is 0 Å². The molecular weight excluding hydrogens is 300 g/mol. The molecule has 0 aromatic carbocycles. The average molecular weight is 312 g/mol. The number of hydrogen-bond acceptors (Lipinski definition) is 0. The van der Waals surface area contributed by atoms with Crippen LogP contribution in [0.5, 0.6) is 0 Å². The summed E-state index contributed by atoms with van der Waals surface area (Å²) < 4.78 is 22.5. The monoisotopic (exact) mass is 312 g/mol. The van der Waals surface area contributed by atoms with Crippen LogP contribution in [0.1, 0.15) is 0 Å². The summed E-state index contributed by atoms with van der Waals surface area (Å²) >= 11 is 0. The largest absolute Gasteiger partial charge is 0 e. The fourth-order valence-corrected chi connectivity index (χ4v) is 1.25. The van der Waals surface area contributed by atoms with Gasteiger partial charge in [0.2, 0.25) is 0 Å². The summed E-state index contributed by atoms with van der Waals surface area (Å²) in [5.74, 6) is 5.72. The molecular formula is C14H12FeO3Si. The summed E-state index contributed by atoms with van der Waals surface area (Å²) in [4.78, 5) is 0. The molecule has 1 rings (SSSR count). The Kier molecular flexibility index (Phi) is 22.8. The van der Waals surface area contributed by atoms with Crippen molar-refractivity contribution in [3.05, 3.63) is 43.2 Å². The zero-order chi connectivity index (χ0) is 15.2. The van der Waals surface area contributed by atoms with E-state index < -0.39 is 8.07 Å². The average Bonchev–Trinajstić information content (AvgIpc) is 2.35. The number of hydrogen-bond donors (Lipinski definition) is 0. The van der Waals surface area contributed by atoms with Crippen LogP contribution in [-0.2, 0) is 31.0 Å². The van der Waals surface area contributed by atoms with Crippen LogP contribution in [0, 0.1) is 43.8 Å². The van der Waals surface area contributed by atoms with Crippen LogP contribution in [0.4, 0.5) is 0 Å². The maximum Gasteiger partial charge on any atom is 0 e. The van der Waals surface area contributed by atoms with E-state index in [-0.39, 0.29) is 17.1 Å². The number of terminal acetylenes is 1. The van der Waals surface area contributed by atoms with Crippen LogP contribution >= 0.6 is 0 Å². The molecule has 0 atom stereocenters. The van der Waals surface area contributed by atoms with Gasteiger partial charge in [-0.05, 0) is 12.2 Å². The van der Waals surface area contributed by atoms with E-state index >= 15 is 0 Å². The van der Waals surface area contributed by atoms with Crippen molar-refractivity contribution in [3.8, 4) is 23.8 Å². The van der Waals surface area contributed by atoms with E-state index in [4.69, 9.17) is 20.4 Å². The number of allylic oxidation sites excluding steroid dienone is 4. The third-order valence-electron chi connectivity index (χ3n) is 1.43. The SMILES string of the molecule is C#CC1=C(C#C[Si](C)(C)C)C=C1.[C-]#[O+].[C-]#[O+].[C-]#[O+].[Fe]. The molecule has 0 aromatic heterocycles. The van der Waals surface area contributed by atoms with Gasteiger partial charge < -0.3 is 0 Å². The molecule has 98 valence electrons. The van der Waals surface area contributed by atoms with E-state index in [9.17, 15) is 0 Å². The molecule has 0 saturated carbocycles. The molecule has 0 heterocycles. The molecule has 0 saturated heterocycles. The second-order valence-corrected chi connectivity index (χ2v) is 8.56. The van der Waals surface area contributed by atoms with Gasteiger partial charge in [0, 0.05) is 28.2 Å². The first-order valence-electron chi connectivity index (χ1n) is 4.56. The van der Waals surface area contributed by atoms with E-state index in [1.54, 1.807) is 0 Å². The third-order valence-corrected chi connectivity index (χ3v) is 2.31.